The highest BCUT2D eigenvalue weighted by atomic mass is 35.5. The summed E-state index contributed by atoms with van der Waals surface area (Å²) in [5.41, 5.74) is -0.853. The summed E-state index contributed by atoms with van der Waals surface area (Å²) in [6.45, 7) is 2.67. The number of aromatic amines is 2. The average Bonchev–Trinajstić information content (AvgIpc) is 2.13. The molecule has 0 radical (unpaired) electrons. The highest BCUT2D eigenvalue weighted by Crippen LogP contribution is 2.06. The summed E-state index contributed by atoms with van der Waals surface area (Å²) < 4.78 is 5.15. The fraction of sp³-hybridized carbons (Fsp3) is 0.500. The van der Waals surface area contributed by atoms with E-state index in [-0.39, 0.29) is 11.6 Å². The molecule has 0 aliphatic rings. The molecule has 0 bridgehead atoms. The van der Waals surface area contributed by atoms with Crippen LogP contribution in [0.4, 0.5) is 0 Å². The number of rotatable bonds is 4. The van der Waals surface area contributed by atoms with E-state index in [0.29, 0.717) is 12.3 Å². The van der Waals surface area contributed by atoms with Gasteiger partial charge in [0.1, 0.15) is 5.02 Å². The Morgan fingerprint density at radius 1 is 1.36 bits per heavy atom. The molecular weight excluding hydrogens is 208 g/mol. The Balaban J connectivity index is 2.86. The van der Waals surface area contributed by atoms with Crippen molar-refractivity contribution >= 4 is 11.6 Å². The smallest absolute Gasteiger partial charge is 0.326 e. The van der Waals surface area contributed by atoms with Crippen LogP contribution < -0.4 is 11.2 Å². The van der Waals surface area contributed by atoms with Crippen LogP contribution in [0.5, 0.6) is 0 Å². The summed E-state index contributed by atoms with van der Waals surface area (Å²) in [7, 11) is 0. The molecule has 1 heterocycles. The van der Waals surface area contributed by atoms with Gasteiger partial charge < -0.3 is 9.72 Å². The maximum Gasteiger partial charge on any atom is 0.326 e. The molecular formula is C8H11ClN2O3. The molecule has 6 heteroatoms. The number of hydrogen-bond donors (Lipinski definition) is 2. The van der Waals surface area contributed by atoms with Gasteiger partial charge in [0.25, 0.3) is 5.56 Å². The van der Waals surface area contributed by atoms with E-state index in [1.807, 2.05) is 11.9 Å². The first-order valence-corrected chi connectivity index (χ1v) is 4.61. The average molecular weight is 219 g/mol. The van der Waals surface area contributed by atoms with Crippen molar-refractivity contribution in [2.24, 2.45) is 0 Å². The minimum Gasteiger partial charge on any atom is -0.375 e. The van der Waals surface area contributed by atoms with Crippen molar-refractivity contribution < 1.29 is 4.74 Å². The Hall–Kier alpha value is -1.07. The molecule has 0 spiro atoms. The van der Waals surface area contributed by atoms with Crippen molar-refractivity contribution in [3.8, 4) is 0 Å². The third kappa shape index (κ3) is 2.71. The fourth-order valence-electron chi connectivity index (χ4n) is 0.936. The molecule has 0 aromatic carbocycles. The monoisotopic (exact) mass is 218 g/mol. The number of hydrogen-bond acceptors (Lipinski definition) is 3. The lowest BCUT2D eigenvalue weighted by Gasteiger charge is -2.03. The summed E-state index contributed by atoms with van der Waals surface area (Å²) in [6.07, 6.45) is 0.866. The van der Waals surface area contributed by atoms with Gasteiger partial charge in [0.15, 0.2) is 0 Å². The van der Waals surface area contributed by atoms with Crippen molar-refractivity contribution in [1.82, 2.24) is 9.97 Å². The van der Waals surface area contributed by atoms with Crippen molar-refractivity contribution in [3.63, 3.8) is 0 Å². The van der Waals surface area contributed by atoms with E-state index in [0.717, 1.165) is 6.42 Å². The first-order chi connectivity index (χ1) is 6.65. The zero-order chi connectivity index (χ0) is 10.6. The summed E-state index contributed by atoms with van der Waals surface area (Å²) in [5.74, 6) is 0. The molecule has 0 aliphatic carbocycles. The number of ether oxygens (including phenoxy) is 1. The third-order valence-electron chi connectivity index (χ3n) is 1.55. The second-order valence-electron chi connectivity index (χ2n) is 2.75. The Morgan fingerprint density at radius 2 is 2.07 bits per heavy atom. The van der Waals surface area contributed by atoms with Crippen molar-refractivity contribution in [2.75, 3.05) is 6.61 Å². The van der Waals surface area contributed by atoms with E-state index in [4.69, 9.17) is 16.3 Å². The summed E-state index contributed by atoms with van der Waals surface area (Å²) in [4.78, 5) is 26.3. The molecule has 0 saturated heterocycles. The van der Waals surface area contributed by atoms with Gasteiger partial charge in [0.05, 0.1) is 12.3 Å². The molecule has 0 amide bonds. The van der Waals surface area contributed by atoms with Crippen molar-refractivity contribution in [2.45, 2.75) is 20.0 Å². The number of halogens is 1. The summed E-state index contributed by atoms with van der Waals surface area (Å²) in [5, 5.41) is -0.0271. The van der Waals surface area contributed by atoms with Crippen molar-refractivity contribution in [1.29, 1.82) is 0 Å². The highest BCUT2D eigenvalue weighted by Gasteiger charge is 2.05. The summed E-state index contributed by atoms with van der Waals surface area (Å²) >= 11 is 5.65. The molecule has 1 rings (SSSR count). The molecule has 14 heavy (non-hydrogen) atoms. The van der Waals surface area contributed by atoms with E-state index >= 15 is 0 Å². The van der Waals surface area contributed by atoms with Crippen LogP contribution in [0.15, 0.2) is 9.59 Å². The number of H-pyrrole nitrogens is 2. The third-order valence-corrected chi connectivity index (χ3v) is 1.95. The maximum absolute atomic E-state index is 11.0. The van der Waals surface area contributed by atoms with Crippen molar-refractivity contribution in [3.05, 3.63) is 31.6 Å². The van der Waals surface area contributed by atoms with Gasteiger partial charge in [-0.25, -0.2) is 4.79 Å². The fourth-order valence-corrected chi connectivity index (χ4v) is 1.09. The molecule has 0 saturated carbocycles. The van der Waals surface area contributed by atoms with E-state index in [2.05, 4.69) is 4.98 Å². The molecule has 2 N–H and O–H groups in total. The molecule has 0 unspecified atom stereocenters. The van der Waals surface area contributed by atoms with Crippen LogP contribution in [-0.4, -0.2) is 16.6 Å². The van der Waals surface area contributed by atoms with Crippen LogP contribution in [0.2, 0.25) is 5.02 Å². The zero-order valence-electron chi connectivity index (χ0n) is 7.72. The van der Waals surface area contributed by atoms with Gasteiger partial charge in [0.2, 0.25) is 0 Å². The molecule has 1 aromatic rings. The molecule has 0 atom stereocenters. The first-order valence-electron chi connectivity index (χ1n) is 4.24. The Morgan fingerprint density at radius 3 is 2.71 bits per heavy atom. The number of nitrogens with one attached hydrogen (secondary N) is 2. The van der Waals surface area contributed by atoms with Crippen LogP contribution >= 0.6 is 11.6 Å². The standard InChI is InChI=1S/C8H11ClN2O3/c1-2-3-14-4-5-6(9)7(12)11-8(13)10-5/h2-4H2,1H3,(H2,10,11,12,13). The zero-order valence-corrected chi connectivity index (χ0v) is 8.48. The minimum absolute atomic E-state index is 0.0271. The Bertz CT molecular complexity index is 410. The van der Waals surface area contributed by atoms with Crippen LogP contribution in [0.25, 0.3) is 0 Å². The highest BCUT2D eigenvalue weighted by molar-refractivity contribution is 6.30. The summed E-state index contributed by atoms with van der Waals surface area (Å²) in [6, 6.07) is 0. The van der Waals surface area contributed by atoms with Gasteiger partial charge in [0, 0.05) is 6.61 Å². The lowest BCUT2D eigenvalue weighted by molar-refractivity contribution is 0.118. The largest absolute Gasteiger partial charge is 0.375 e. The topological polar surface area (TPSA) is 75.0 Å². The van der Waals surface area contributed by atoms with Crippen LogP contribution in [0.3, 0.4) is 0 Å². The SMILES string of the molecule is CCCOCc1[nH]c(=O)[nH]c(=O)c1Cl. The Kier molecular flexibility index (Phi) is 3.91. The maximum atomic E-state index is 11.0. The normalized spacial score (nSPS) is 10.4. The molecule has 0 fully saturated rings. The lowest BCUT2D eigenvalue weighted by atomic mass is 10.4. The van der Waals surface area contributed by atoms with Crippen LogP contribution in [0, 0.1) is 0 Å². The van der Waals surface area contributed by atoms with Gasteiger partial charge in [-0.15, -0.1) is 0 Å². The van der Waals surface area contributed by atoms with E-state index in [1.54, 1.807) is 0 Å². The van der Waals surface area contributed by atoms with Crippen LogP contribution in [0.1, 0.15) is 19.0 Å². The number of aromatic nitrogens is 2. The molecule has 78 valence electrons. The lowest BCUT2D eigenvalue weighted by Crippen LogP contribution is -2.25. The van der Waals surface area contributed by atoms with Gasteiger partial charge in [-0.2, -0.15) is 0 Å². The molecule has 5 nitrogen and oxygen atoms in total. The predicted molar refractivity (Wildman–Crippen MR) is 52.6 cm³/mol. The van der Waals surface area contributed by atoms with Gasteiger partial charge in [-0.3, -0.25) is 9.78 Å². The second kappa shape index (κ2) is 4.97. The molecule has 0 aliphatic heterocycles. The van der Waals surface area contributed by atoms with Crippen LogP contribution in [-0.2, 0) is 11.3 Å². The first kappa shape index (κ1) is 11.0. The van der Waals surface area contributed by atoms with Gasteiger partial charge >= 0.3 is 5.69 Å². The van der Waals surface area contributed by atoms with Gasteiger partial charge in [-0.05, 0) is 6.42 Å². The Labute approximate surface area is 85.1 Å². The van der Waals surface area contributed by atoms with Gasteiger partial charge in [-0.1, -0.05) is 18.5 Å². The minimum atomic E-state index is -0.592. The second-order valence-corrected chi connectivity index (χ2v) is 3.13. The van der Waals surface area contributed by atoms with E-state index in [1.165, 1.54) is 0 Å². The predicted octanol–water partition coefficient (Wildman–Crippen LogP) is 0.643. The van der Waals surface area contributed by atoms with E-state index < -0.39 is 11.2 Å². The van der Waals surface area contributed by atoms with E-state index in [9.17, 15) is 9.59 Å². The quantitative estimate of drug-likeness (QED) is 0.729. The molecule has 1 aromatic heterocycles.